The van der Waals surface area contributed by atoms with Gasteiger partial charge in [-0.1, -0.05) is 265 Å². The summed E-state index contributed by atoms with van der Waals surface area (Å²) < 4.78 is 10.5. The molecule has 3 N–H and O–H groups in total. The van der Waals surface area contributed by atoms with E-state index in [4.69, 9.17) is 8.83 Å². The molecule has 0 saturated heterocycles. The quantitative estimate of drug-likeness (QED) is 0.134. The molecule has 17 rings (SSSR count). The molecule has 0 radical (unpaired) electrons. The van der Waals surface area contributed by atoms with Gasteiger partial charge in [0.25, 0.3) is 0 Å². The maximum Gasteiger partial charge on any atom is 0.109 e. The lowest BCUT2D eigenvalue weighted by Gasteiger charge is -2.19. The average Bonchev–Trinajstić information content (AvgIpc) is 1.72. The first kappa shape index (κ1) is 93.8. The van der Waals surface area contributed by atoms with Crippen LogP contribution in [0.1, 0.15) is 248 Å². The van der Waals surface area contributed by atoms with E-state index >= 15 is 0 Å². The van der Waals surface area contributed by atoms with Crippen molar-refractivity contribution in [2.24, 2.45) is 0 Å². The highest BCUT2D eigenvalue weighted by molar-refractivity contribution is 7.10. The molecule has 626 valence electrons. The zero-order valence-corrected chi connectivity index (χ0v) is 78.1. The maximum absolute atomic E-state index is 5.33. The Hall–Kier alpha value is -10.7. The SMILES string of the molecule is CC(C)(C)c1ccc2c[nH]cc2c1.CC(C)(C)c1ccc2cccnc2c1.CC(C)(C)c1ccc2cscc2c1.CC(C)(C)c1ccc2nc[nH]c2c1.CC(C)(C)c1ccc2nccnc2c1.CC(C)(C)c1ccc2nnccc2c1.CC(C)(C)c1ccco1.CC(C)(C)c1cccs1.Cc1ccc2[nH]ncc2c1.Cc1coc(C(C)(C)C)c1. The minimum absolute atomic E-state index is 0.147. The third-order valence-corrected chi connectivity index (χ3v) is 21.9. The Labute approximate surface area is 718 Å². The zero-order valence-electron chi connectivity index (χ0n) is 76.5. The first-order valence-corrected chi connectivity index (χ1v) is 43.1. The highest BCUT2D eigenvalue weighted by atomic mass is 32.1. The van der Waals surface area contributed by atoms with Crippen molar-refractivity contribution < 1.29 is 8.83 Å². The van der Waals surface area contributed by atoms with Crippen LogP contribution in [0.15, 0.2) is 263 Å². The predicted octanol–water partition coefficient (Wildman–Crippen LogP) is 30.3. The second kappa shape index (κ2) is 39.9. The Morgan fingerprint density at radius 1 is 0.328 bits per heavy atom. The van der Waals surface area contributed by atoms with Crippen LogP contribution in [0.5, 0.6) is 0 Å². The largest absolute Gasteiger partial charge is 0.469 e. The number of thiophene rings is 2. The maximum atomic E-state index is 5.33. The van der Waals surface area contributed by atoms with E-state index in [-0.39, 0.29) is 43.3 Å². The summed E-state index contributed by atoms with van der Waals surface area (Å²) in [7, 11) is 0. The van der Waals surface area contributed by atoms with E-state index in [2.05, 4.69) is 394 Å². The molecule has 10 heterocycles. The summed E-state index contributed by atoms with van der Waals surface area (Å²) in [6, 6.07) is 61.4. The van der Waals surface area contributed by atoms with Crippen LogP contribution in [0, 0.1) is 13.8 Å². The molecule has 0 aliphatic rings. The van der Waals surface area contributed by atoms with Crippen LogP contribution in [0.2, 0.25) is 0 Å². The van der Waals surface area contributed by atoms with Crippen molar-refractivity contribution >= 4 is 99.0 Å². The number of pyridine rings is 1. The third-order valence-electron chi connectivity index (χ3n) is 19.8. The number of rotatable bonds is 0. The van der Waals surface area contributed by atoms with E-state index in [1.54, 1.807) is 48.8 Å². The van der Waals surface area contributed by atoms with E-state index in [9.17, 15) is 0 Å². The number of furan rings is 2. The number of nitrogens with one attached hydrogen (secondary N) is 3. The topological polar surface area (TPSA) is 164 Å². The fraction of sp³-hybridized carbons (Fsp3) is 0.362. The molecule has 12 nitrogen and oxygen atoms in total. The molecule has 0 spiro atoms. The number of aryl methyl sites for hydroxylation is 2. The van der Waals surface area contributed by atoms with Crippen LogP contribution in [0.3, 0.4) is 0 Å². The van der Waals surface area contributed by atoms with Gasteiger partial charge in [0.05, 0.1) is 69.9 Å². The van der Waals surface area contributed by atoms with Crippen LogP contribution in [0.4, 0.5) is 0 Å². The van der Waals surface area contributed by atoms with Crippen molar-refractivity contribution in [2.75, 3.05) is 0 Å². The molecule has 0 atom stereocenters. The molecule has 0 bridgehead atoms. The molecule has 7 aromatic carbocycles. The summed E-state index contributed by atoms with van der Waals surface area (Å²) in [6.45, 7) is 63.6. The second-order valence-corrected chi connectivity index (χ2v) is 41.5. The molecule has 14 heteroatoms. The van der Waals surface area contributed by atoms with Gasteiger partial charge >= 0.3 is 0 Å². The lowest BCUT2D eigenvalue weighted by molar-refractivity contribution is 0.409. The molecule has 10 aromatic heterocycles. The van der Waals surface area contributed by atoms with Gasteiger partial charge in [-0.25, -0.2) is 4.98 Å². The predicted molar refractivity (Wildman–Crippen MR) is 513 cm³/mol. The van der Waals surface area contributed by atoms with E-state index < -0.39 is 0 Å². The van der Waals surface area contributed by atoms with Crippen molar-refractivity contribution in [3.8, 4) is 0 Å². The van der Waals surface area contributed by atoms with Gasteiger partial charge in [-0.2, -0.15) is 26.6 Å². The number of benzene rings is 7. The van der Waals surface area contributed by atoms with Crippen LogP contribution in [-0.2, 0) is 48.7 Å². The average molecular weight is 1630 g/mol. The molecular formula is C105H132N10O2S2. The van der Waals surface area contributed by atoms with Gasteiger partial charge in [-0.05, 0) is 232 Å². The number of hydrogen-bond acceptors (Lipinski definition) is 11. The number of imidazole rings is 1. The molecule has 0 saturated carbocycles. The molecule has 0 amide bonds. The Morgan fingerprint density at radius 2 is 0.849 bits per heavy atom. The molecule has 0 aliphatic carbocycles. The highest BCUT2D eigenvalue weighted by Crippen LogP contribution is 2.33. The van der Waals surface area contributed by atoms with Gasteiger partial charge in [0.2, 0.25) is 0 Å². The van der Waals surface area contributed by atoms with Crippen molar-refractivity contribution in [3.63, 3.8) is 0 Å². The summed E-state index contributed by atoms with van der Waals surface area (Å²) in [5, 5.41) is 30.1. The smallest absolute Gasteiger partial charge is 0.109 e. The van der Waals surface area contributed by atoms with Crippen molar-refractivity contribution in [3.05, 3.63) is 315 Å². The first-order valence-electron chi connectivity index (χ1n) is 41.3. The van der Waals surface area contributed by atoms with Gasteiger partial charge in [0.1, 0.15) is 11.5 Å². The van der Waals surface area contributed by atoms with Gasteiger partial charge in [0, 0.05) is 62.9 Å². The van der Waals surface area contributed by atoms with E-state index in [1.807, 2.05) is 85.5 Å². The zero-order chi connectivity index (χ0) is 87.5. The van der Waals surface area contributed by atoms with E-state index in [0.29, 0.717) is 5.41 Å². The lowest BCUT2D eigenvalue weighted by Crippen LogP contribution is -2.10. The van der Waals surface area contributed by atoms with E-state index in [0.717, 1.165) is 55.5 Å². The van der Waals surface area contributed by atoms with Crippen LogP contribution < -0.4 is 0 Å². The summed E-state index contributed by atoms with van der Waals surface area (Å²) in [4.78, 5) is 24.8. The molecule has 17 aromatic rings. The van der Waals surface area contributed by atoms with Crippen molar-refractivity contribution in [1.82, 2.24) is 50.3 Å². The normalized spacial score (nSPS) is 11.9. The fourth-order valence-electron chi connectivity index (χ4n) is 12.1. The lowest BCUT2D eigenvalue weighted by atomic mass is 9.86. The monoisotopic (exact) mass is 1630 g/mol. The van der Waals surface area contributed by atoms with Gasteiger partial charge in [-0.15, -0.1) is 11.3 Å². The van der Waals surface area contributed by atoms with Gasteiger partial charge in [0.15, 0.2) is 0 Å². The second-order valence-electron chi connectivity index (χ2n) is 39.8. The number of H-pyrrole nitrogens is 3. The summed E-state index contributed by atoms with van der Waals surface area (Å²) >= 11 is 3.60. The standard InChI is InChI=1S/C13H15N.2C12H14N2.C12H15N.C12H14S.C11H14N2.C9H14O.C8H8N2.C8H12O.C8H12S/c1-13(2,3)11-7-6-10-5-4-8-14-12(10)9-11;1-12(2,3)10-4-5-11-9(8-10)6-7-13-14-11;1-12(2,3)9-4-5-10-11(8-9)14-7-6-13-10;2*1-12(2,3)11-5-4-9-7-13-8-10(9)6-11;1-11(2,3)8-4-5-9-10(6-8)13-7-12-9;1-7-5-8(10-6-7)9(2,3)4;1-6-2-3-8-7(4-6)5-9-10-8;2*1-8(2,3)7-5-4-6-9-7/h4-9H,1-3H3;2*4-8H,1-3H3;4-8,13H,1-3H3;4-8H,1-3H3;4-7H,1-3H3,(H,12,13);5-6H,1-4H3;2-5H,1H3,(H,9,10);2*4-6H,1-3H3. The van der Waals surface area contributed by atoms with Gasteiger partial charge < -0.3 is 18.8 Å². The summed E-state index contributed by atoms with van der Waals surface area (Å²) in [5.74, 6) is 2.10. The Morgan fingerprint density at radius 3 is 1.39 bits per heavy atom. The Balaban J connectivity index is 0.000000165. The summed E-state index contributed by atoms with van der Waals surface area (Å²) in [6.07, 6.45) is 18.2. The molecular weight excluding hydrogens is 1500 g/mol. The summed E-state index contributed by atoms with van der Waals surface area (Å²) in [5.41, 5.74) is 19.7. The first-order chi connectivity index (χ1) is 55.5. The number of fused-ring (bicyclic) bond motifs is 7. The van der Waals surface area contributed by atoms with Gasteiger partial charge in [-0.3, -0.25) is 20.1 Å². The molecule has 119 heavy (non-hydrogen) atoms. The van der Waals surface area contributed by atoms with Crippen molar-refractivity contribution in [2.45, 2.75) is 250 Å². The molecule has 0 unspecified atom stereocenters. The fourth-order valence-corrected chi connectivity index (χ4v) is 13.7. The van der Waals surface area contributed by atoms with Crippen molar-refractivity contribution in [1.29, 1.82) is 0 Å². The number of hydrogen-bond donors (Lipinski definition) is 3. The molecule has 0 fully saturated rings. The number of aromatic nitrogens is 10. The van der Waals surface area contributed by atoms with E-state index in [1.165, 1.54) is 81.7 Å². The Bertz CT molecular complexity index is 5470. The van der Waals surface area contributed by atoms with Crippen LogP contribution in [0.25, 0.3) is 76.3 Å². The third kappa shape index (κ3) is 29.1. The minimum Gasteiger partial charge on any atom is -0.469 e. The Kier molecular flexibility index (Phi) is 31.5. The highest BCUT2D eigenvalue weighted by Gasteiger charge is 2.21. The molecule has 0 aliphatic heterocycles. The number of nitrogens with zero attached hydrogens (tertiary/aromatic N) is 7. The number of aromatic amines is 3. The van der Waals surface area contributed by atoms with Crippen LogP contribution >= 0.6 is 22.7 Å². The minimum atomic E-state index is 0.147. The van der Waals surface area contributed by atoms with Crippen LogP contribution in [-0.4, -0.2) is 50.3 Å².